The Balaban J connectivity index is 1.39. The monoisotopic (exact) mass is 416 g/mol. The van der Waals surface area contributed by atoms with Crippen molar-refractivity contribution in [2.45, 2.75) is 18.8 Å². The first-order chi connectivity index (χ1) is 14.7. The van der Waals surface area contributed by atoms with Crippen LogP contribution < -0.4 is 5.32 Å². The second kappa shape index (κ2) is 7.79. The molecule has 0 bridgehead atoms. The largest absolute Gasteiger partial charge is 0.326 e. The summed E-state index contributed by atoms with van der Waals surface area (Å²) in [6.45, 7) is 0. The zero-order chi connectivity index (χ0) is 20.5. The van der Waals surface area contributed by atoms with Crippen molar-refractivity contribution in [1.82, 2.24) is 25.2 Å². The number of carbonyl (C=O) groups excluding carboxylic acids is 1. The molecule has 0 saturated carbocycles. The zero-order valence-electron chi connectivity index (χ0n) is 16.4. The van der Waals surface area contributed by atoms with Gasteiger partial charge in [0.25, 0.3) is 0 Å². The van der Waals surface area contributed by atoms with Crippen molar-refractivity contribution >= 4 is 33.1 Å². The van der Waals surface area contributed by atoms with Gasteiger partial charge in [0.15, 0.2) is 5.82 Å². The lowest BCUT2D eigenvalue weighted by Crippen LogP contribution is -2.29. The molecule has 2 atom stereocenters. The maximum atomic E-state index is 13.2. The van der Waals surface area contributed by atoms with Gasteiger partial charge in [-0.3, -0.25) is 4.79 Å². The van der Waals surface area contributed by atoms with Crippen molar-refractivity contribution < 1.29 is 4.79 Å². The third kappa shape index (κ3) is 3.50. The van der Waals surface area contributed by atoms with Crippen LogP contribution in [0.4, 0.5) is 5.69 Å². The fourth-order valence-electron chi connectivity index (χ4n) is 3.87. The van der Waals surface area contributed by atoms with E-state index >= 15 is 0 Å². The van der Waals surface area contributed by atoms with Crippen LogP contribution in [0.3, 0.4) is 0 Å². The number of amides is 1. The number of aryl methyl sites for hydroxylation is 1. The molecule has 2 unspecified atom stereocenters. The van der Waals surface area contributed by atoms with Crippen LogP contribution in [0.2, 0.25) is 0 Å². The number of thiazole rings is 1. The molecular formula is C22H20N6OS. The van der Waals surface area contributed by atoms with Crippen LogP contribution in [0.1, 0.15) is 23.8 Å². The molecule has 1 aliphatic carbocycles. The van der Waals surface area contributed by atoms with Gasteiger partial charge in [-0.15, -0.1) is 16.4 Å². The number of benzene rings is 2. The molecule has 7 nitrogen and oxygen atoms in total. The number of allylic oxidation sites excluding steroid dienone is 2. The van der Waals surface area contributed by atoms with Gasteiger partial charge < -0.3 is 5.32 Å². The molecule has 0 aliphatic heterocycles. The summed E-state index contributed by atoms with van der Waals surface area (Å²) in [5, 5.41) is 15.7. The van der Waals surface area contributed by atoms with Crippen LogP contribution >= 0.6 is 11.3 Å². The lowest BCUT2D eigenvalue weighted by molar-refractivity contribution is -0.120. The van der Waals surface area contributed by atoms with E-state index in [9.17, 15) is 4.79 Å². The normalized spacial score (nSPS) is 18.6. The van der Waals surface area contributed by atoms with Gasteiger partial charge in [0, 0.05) is 24.2 Å². The van der Waals surface area contributed by atoms with Gasteiger partial charge in [-0.2, -0.15) is 0 Å². The molecule has 30 heavy (non-hydrogen) atoms. The number of tetrazole rings is 1. The summed E-state index contributed by atoms with van der Waals surface area (Å²) in [6.07, 6.45) is 5.78. The van der Waals surface area contributed by atoms with E-state index in [1.165, 1.54) is 0 Å². The van der Waals surface area contributed by atoms with Gasteiger partial charge in [0.1, 0.15) is 0 Å². The molecule has 0 saturated heterocycles. The summed E-state index contributed by atoms with van der Waals surface area (Å²) in [4.78, 5) is 18.0. The Morgan fingerprint density at radius 1 is 1.13 bits per heavy atom. The number of aromatic nitrogens is 5. The SMILES string of the molecule is Cn1nnnc1-c1cccc(NC(=O)C2CC=CCC2c2nc3ccccc3s2)c1. The van der Waals surface area contributed by atoms with Crippen molar-refractivity contribution in [2.24, 2.45) is 13.0 Å². The lowest BCUT2D eigenvalue weighted by atomic mass is 9.82. The first kappa shape index (κ1) is 18.6. The van der Waals surface area contributed by atoms with Crippen molar-refractivity contribution in [3.05, 3.63) is 65.7 Å². The smallest absolute Gasteiger partial charge is 0.228 e. The van der Waals surface area contributed by atoms with Crippen LogP contribution in [0.15, 0.2) is 60.7 Å². The first-order valence-electron chi connectivity index (χ1n) is 9.83. The van der Waals surface area contributed by atoms with Crippen LogP contribution in [0.25, 0.3) is 21.6 Å². The molecule has 0 fully saturated rings. The van der Waals surface area contributed by atoms with E-state index in [0.717, 1.165) is 32.9 Å². The fourth-order valence-corrected chi connectivity index (χ4v) is 5.02. The predicted octanol–water partition coefficient (Wildman–Crippen LogP) is 4.18. The Hall–Kier alpha value is -3.39. The molecule has 150 valence electrons. The highest BCUT2D eigenvalue weighted by Gasteiger charge is 2.32. The Morgan fingerprint density at radius 2 is 2.00 bits per heavy atom. The summed E-state index contributed by atoms with van der Waals surface area (Å²) < 4.78 is 2.77. The van der Waals surface area contributed by atoms with Crippen LogP contribution in [0.5, 0.6) is 0 Å². The second-order valence-electron chi connectivity index (χ2n) is 7.37. The molecule has 1 amide bonds. The fraction of sp³-hybridized carbons (Fsp3) is 0.227. The molecule has 2 heterocycles. The average Bonchev–Trinajstić information content (AvgIpc) is 3.40. The Morgan fingerprint density at radius 3 is 2.83 bits per heavy atom. The molecule has 1 aliphatic rings. The minimum Gasteiger partial charge on any atom is -0.326 e. The summed E-state index contributed by atoms with van der Waals surface area (Å²) in [6, 6.07) is 15.7. The van der Waals surface area contributed by atoms with Gasteiger partial charge in [0.05, 0.1) is 21.1 Å². The number of nitrogens with zero attached hydrogens (tertiary/aromatic N) is 5. The number of fused-ring (bicyclic) bond motifs is 1. The predicted molar refractivity (Wildman–Crippen MR) is 117 cm³/mol. The minimum atomic E-state index is -0.157. The molecule has 8 heteroatoms. The number of nitrogens with one attached hydrogen (secondary N) is 1. The highest BCUT2D eigenvalue weighted by Crippen LogP contribution is 2.39. The summed E-state index contributed by atoms with van der Waals surface area (Å²) in [7, 11) is 1.79. The number of hydrogen-bond acceptors (Lipinski definition) is 6. The summed E-state index contributed by atoms with van der Waals surface area (Å²) in [5.41, 5.74) is 2.58. The van der Waals surface area contributed by atoms with Crippen LogP contribution in [-0.4, -0.2) is 31.1 Å². The number of hydrogen-bond donors (Lipinski definition) is 1. The Kier molecular flexibility index (Phi) is 4.84. The molecule has 1 N–H and O–H groups in total. The quantitative estimate of drug-likeness (QED) is 0.505. The zero-order valence-corrected chi connectivity index (χ0v) is 17.2. The van der Waals surface area contributed by atoms with Gasteiger partial charge >= 0.3 is 0 Å². The van der Waals surface area contributed by atoms with E-state index in [2.05, 4.69) is 39.1 Å². The number of carbonyl (C=O) groups is 1. The van der Waals surface area contributed by atoms with Gasteiger partial charge in [0.2, 0.25) is 5.91 Å². The van der Waals surface area contributed by atoms with Crippen LogP contribution in [0, 0.1) is 5.92 Å². The summed E-state index contributed by atoms with van der Waals surface area (Å²) in [5.74, 6) is 0.588. The van der Waals surface area contributed by atoms with Gasteiger partial charge in [-0.25, -0.2) is 9.67 Å². The number of anilines is 1. The topological polar surface area (TPSA) is 85.6 Å². The Bertz CT molecular complexity index is 1210. The Labute approximate surface area is 177 Å². The number of para-hydroxylation sites is 1. The molecule has 2 aromatic heterocycles. The van der Waals surface area contributed by atoms with Crippen LogP contribution in [-0.2, 0) is 11.8 Å². The molecular weight excluding hydrogens is 396 g/mol. The van der Waals surface area contributed by atoms with E-state index in [1.54, 1.807) is 23.1 Å². The molecule has 4 aromatic rings. The van der Waals surface area contributed by atoms with E-state index < -0.39 is 0 Å². The van der Waals surface area contributed by atoms with E-state index in [4.69, 9.17) is 4.98 Å². The molecule has 0 radical (unpaired) electrons. The standard InChI is InChI=1S/C22H20N6OS/c1-28-20(25-26-27-28)14-7-6-8-15(13-14)23-21(29)16-9-2-3-10-17(16)22-24-18-11-4-5-12-19(18)30-22/h2-8,11-13,16-17H,9-10H2,1H3,(H,23,29). The van der Waals surface area contributed by atoms with Crippen molar-refractivity contribution in [1.29, 1.82) is 0 Å². The van der Waals surface area contributed by atoms with E-state index in [1.807, 2.05) is 42.5 Å². The van der Waals surface area contributed by atoms with Crippen molar-refractivity contribution in [3.63, 3.8) is 0 Å². The second-order valence-corrected chi connectivity index (χ2v) is 8.43. The lowest BCUT2D eigenvalue weighted by Gasteiger charge is -2.26. The number of rotatable bonds is 4. The molecule has 0 spiro atoms. The van der Waals surface area contributed by atoms with E-state index in [0.29, 0.717) is 12.2 Å². The third-order valence-electron chi connectivity index (χ3n) is 5.41. The average molecular weight is 417 g/mol. The highest BCUT2D eigenvalue weighted by atomic mass is 32.1. The maximum absolute atomic E-state index is 13.2. The maximum Gasteiger partial charge on any atom is 0.228 e. The minimum absolute atomic E-state index is 0.0110. The molecule has 2 aromatic carbocycles. The first-order valence-corrected chi connectivity index (χ1v) is 10.6. The van der Waals surface area contributed by atoms with Crippen molar-refractivity contribution in [2.75, 3.05) is 5.32 Å². The van der Waals surface area contributed by atoms with Gasteiger partial charge in [-0.05, 0) is 47.5 Å². The highest BCUT2D eigenvalue weighted by molar-refractivity contribution is 7.18. The van der Waals surface area contributed by atoms with Gasteiger partial charge in [-0.1, -0.05) is 36.4 Å². The summed E-state index contributed by atoms with van der Waals surface area (Å²) >= 11 is 1.68. The molecule has 5 rings (SSSR count). The van der Waals surface area contributed by atoms with Crippen molar-refractivity contribution in [3.8, 4) is 11.4 Å². The van der Waals surface area contributed by atoms with E-state index in [-0.39, 0.29) is 17.7 Å². The third-order valence-corrected chi connectivity index (χ3v) is 6.57.